The molecule has 0 saturated carbocycles. The lowest BCUT2D eigenvalue weighted by Crippen LogP contribution is -2.37. The highest BCUT2D eigenvalue weighted by atomic mass is 35.5. The summed E-state index contributed by atoms with van der Waals surface area (Å²) < 4.78 is 28.3. The van der Waals surface area contributed by atoms with Gasteiger partial charge in [0.05, 0.1) is 11.5 Å². The van der Waals surface area contributed by atoms with Crippen LogP contribution >= 0.6 is 11.6 Å². The third-order valence-corrected chi connectivity index (χ3v) is 4.90. The molecule has 1 aliphatic rings. The summed E-state index contributed by atoms with van der Waals surface area (Å²) in [4.78, 5) is 0.0421. The monoisotopic (exact) mass is 332 g/mol. The predicted molar refractivity (Wildman–Crippen MR) is 82.7 cm³/mol. The van der Waals surface area contributed by atoms with E-state index in [1.807, 2.05) is 0 Å². The average molecular weight is 333 g/mol. The van der Waals surface area contributed by atoms with E-state index in [0.717, 1.165) is 31.6 Å². The fraction of sp³-hybridized carbons (Fsp3) is 0.571. The molecule has 1 aliphatic heterocycles. The average Bonchev–Trinajstić information content (AvgIpc) is 2.44. The van der Waals surface area contributed by atoms with Crippen LogP contribution in [0.15, 0.2) is 23.1 Å². The van der Waals surface area contributed by atoms with Gasteiger partial charge in [0.1, 0.15) is 0 Å². The molecule has 1 aromatic carbocycles. The molecular formula is C14H21ClN2O3S. The third-order valence-electron chi connectivity index (χ3n) is 3.79. The number of hydrogen-bond donors (Lipinski definition) is 2. The zero-order valence-corrected chi connectivity index (χ0v) is 13.6. The summed E-state index contributed by atoms with van der Waals surface area (Å²) in [6.45, 7) is 4.27. The van der Waals surface area contributed by atoms with Gasteiger partial charge in [0.2, 0.25) is 10.0 Å². The van der Waals surface area contributed by atoms with Gasteiger partial charge in [-0.2, -0.15) is 0 Å². The molecule has 0 unspecified atom stereocenters. The Bertz CT molecular complexity index is 586. The predicted octanol–water partition coefficient (Wildman–Crippen LogP) is 1.89. The summed E-state index contributed by atoms with van der Waals surface area (Å²) in [7, 11) is -3.74. The topological polar surface area (TPSA) is 81.4 Å². The number of nitrogens with one attached hydrogen (secondary N) is 1. The first-order chi connectivity index (χ1) is 9.86. The summed E-state index contributed by atoms with van der Waals surface area (Å²) in [6.07, 6.45) is 2.23. The van der Waals surface area contributed by atoms with E-state index in [4.69, 9.17) is 21.5 Å². The minimum absolute atomic E-state index is 0.0421. The number of rotatable bonds is 5. The van der Waals surface area contributed by atoms with E-state index in [0.29, 0.717) is 23.5 Å². The zero-order valence-electron chi connectivity index (χ0n) is 12.0. The van der Waals surface area contributed by atoms with Crippen molar-refractivity contribution < 1.29 is 13.2 Å². The van der Waals surface area contributed by atoms with Crippen molar-refractivity contribution in [1.29, 1.82) is 0 Å². The second kappa shape index (κ2) is 7.07. The minimum Gasteiger partial charge on any atom is -0.381 e. The highest BCUT2D eigenvalue weighted by Crippen LogP contribution is 2.20. The lowest BCUT2D eigenvalue weighted by atomic mass is 9.95. The molecule has 2 rings (SSSR count). The molecule has 0 radical (unpaired) electrons. The van der Waals surface area contributed by atoms with Gasteiger partial charge in [0, 0.05) is 24.2 Å². The Balaban J connectivity index is 2.01. The molecule has 3 N–H and O–H groups in total. The Morgan fingerprint density at radius 1 is 1.48 bits per heavy atom. The van der Waals surface area contributed by atoms with Crippen molar-refractivity contribution in [2.75, 3.05) is 13.2 Å². The molecule has 0 aromatic heterocycles. The van der Waals surface area contributed by atoms with Crippen LogP contribution in [-0.4, -0.2) is 27.7 Å². The first kappa shape index (κ1) is 16.7. The third kappa shape index (κ3) is 4.93. The maximum atomic E-state index is 11.4. The van der Waals surface area contributed by atoms with Crippen LogP contribution in [-0.2, 0) is 21.3 Å². The van der Waals surface area contributed by atoms with E-state index in [-0.39, 0.29) is 4.90 Å². The number of primary sulfonamides is 1. The van der Waals surface area contributed by atoms with E-state index in [1.165, 1.54) is 6.07 Å². The van der Waals surface area contributed by atoms with Crippen LogP contribution in [0.4, 0.5) is 0 Å². The largest absolute Gasteiger partial charge is 0.381 e. The van der Waals surface area contributed by atoms with E-state index in [1.54, 1.807) is 12.1 Å². The van der Waals surface area contributed by atoms with Gasteiger partial charge in [-0.25, -0.2) is 13.6 Å². The second-order valence-corrected chi connectivity index (χ2v) is 7.48. The van der Waals surface area contributed by atoms with Gasteiger partial charge in [0.15, 0.2) is 0 Å². The molecule has 0 bridgehead atoms. The van der Waals surface area contributed by atoms with Gasteiger partial charge >= 0.3 is 0 Å². The first-order valence-electron chi connectivity index (χ1n) is 6.99. The maximum absolute atomic E-state index is 11.4. The SMILES string of the molecule is C[C@@H](NCc1cc(Cl)cc(S(N)(=O)=O)c1)[C@@H]1CCCOC1. The van der Waals surface area contributed by atoms with Crippen molar-refractivity contribution >= 4 is 21.6 Å². The van der Waals surface area contributed by atoms with Crippen molar-refractivity contribution in [2.45, 2.75) is 37.2 Å². The van der Waals surface area contributed by atoms with Crippen LogP contribution in [0.2, 0.25) is 5.02 Å². The number of halogens is 1. The Morgan fingerprint density at radius 3 is 2.86 bits per heavy atom. The normalized spacial score (nSPS) is 21.2. The Labute approximate surface area is 130 Å². The smallest absolute Gasteiger partial charge is 0.238 e. The van der Waals surface area contributed by atoms with Gasteiger partial charge < -0.3 is 10.1 Å². The van der Waals surface area contributed by atoms with Gasteiger partial charge in [-0.05, 0) is 49.4 Å². The molecule has 1 fully saturated rings. The molecule has 0 aliphatic carbocycles. The van der Waals surface area contributed by atoms with E-state index >= 15 is 0 Å². The standard InChI is InChI=1S/C14H21ClN2O3S/c1-10(12-3-2-4-20-9-12)17-8-11-5-13(15)7-14(6-11)21(16,18)19/h5-7,10,12,17H,2-4,8-9H2,1H3,(H2,16,18,19)/t10-,12-/m1/s1. The molecule has 0 amide bonds. The van der Waals surface area contributed by atoms with Crippen LogP contribution in [0.5, 0.6) is 0 Å². The zero-order chi connectivity index (χ0) is 15.5. The van der Waals surface area contributed by atoms with E-state index in [9.17, 15) is 8.42 Å². The van der Waals surface area contributed by atoms with Crippen molar-refractivity contribution in [3.8, 4) is 0 Å². The molecular weight excluding hydrogens is 312 g/mol. The number of nitrogens with two attached hydrogens (primary N) is 1. The number of ether oxygens (including phenoxy) is 1. The summed E-state index contributed by atoms with van der Waals surface area (Å²) in [5, 5.41) is 8.91. The fourth-order valence-corrected chi connectivity index (χ4v) is 3.42. The number of hydrogen-bond acceptors (Lipinski definition) is 4. The Kier molecular flexibility index (Phi) is 5.62. The van der Waals surface area contributed by atoms with Gasteiger partial charge in [-0.3, -0.25) is 0 Å². The number of benzene rings is 1. The van der Waals surface area contributed by atoms with Crippen LogP contribution < -0.4 is 10.5 Å². The molecule has 1 aromatic rings. The molecule has 0 spiro atoms. The molecule has 7 heteroatoms. The summed E-state index contributed by atoms with van der Waals surface area (Å²) in [5.41, 5.74) is 0.801. The fourth-order valence-electron chi connectivity index (χ4n) is 2.49. The van der Waals surface area contributed by atoms with Crippen LogP contribution in [0, 0.1) is 5.92 Å². The Morgan fingerprint density at radius 2 is 2.24 bits per heavy atom. The van der Waals surface area contributed by atoms with Crippen LogP contribution in [0.1, 0.15) is 25.3 Å². The van der Waals surface area contributed by atoms with Crippen LogP contribution in [0.3, 0.4) is 0 Å². The first-order valence-corrected chi connectivity index (χ1v) is 8.92. The molecule has 2 atom stereocenters. The highest BCUT2D eigenvalue weighted by molar-refractivity contribution is 7.89. The van der Waals surface area contributed by atoms with Gasteiger partial charge in [-0.15, -0.1) is 0 Å². The van der Waals surface area contributed by atoms with Crippen LogP contribution in [0.25, 0.3) is 0 Å². The van der Waals surface area contributed by atoms with E-state index < -0.39 is 10.0 Å². The molecule has 1 heterocycles. The van der Waals surface area contributed by atoms with Crippen molar-refractivity contribution in [1.82, 2.24) is 5.32 Å². The second-order valence-electron chi connectivity index (χ2n) is 5.49. The number of sulfonamides is 1. The van der Waals surface area contributed by atoms with Crippen molar-refractivity contribution in [3.05, 3.63) is 28.8 Å². The summed E-state index contributed by atoms with van der Waals surface area (Å²) in [5.74, 6) is 0.482. The molecule has 5 nitrogen and oxygen atoms in total. The van der Waals surface area contributed by atoms with Crippen molar-refractivity contribution in [3.63, 3.8) is 0 Å². The van der Waals surface area contributed by atoms with Gasteiger partial charge in [0.25, 0.3) is 0 Å². The Hall–Kier alpha value is -0.660. The lowest BCUT2D eigenvalue weighted by molar-refractivity contribution is 0.0417. The lowest BCUT2D eigenvalue weighted by Gasteiger charge is -2.28. The maximum Gasteiger partial charge on any atom is 0.238 e. The quantitative estimate of drug-likeness (QED) is 0.862. The summed E-state index contributed by atoms with van der Waals surface area (Å²) >= 11 is 5.95. The van der Waals surface area contributed by atoms with Crippen molar-refractivity contribution in [2.24, 2.45) is 11.1 Å². The molecule has 21 heavy (non-hydrogen) atoms. The van der Waals surface area contributed by atoms with Gasteiger partial charge in [-0.1, -0.05) is 11.6 Å². The minimum atomic E-state index is -3.74. The van der Waals surface area contributed by atoms with E-state index in [2.05, 4.69) is 12.2 Å². The highest BCUT2D eigenvalue weighted by Gasteiger charge is 2.20. The summed E-state index contributed by atoms with van der Waals surface area (Å²) in [6, 6.07) is 4.95. The molecule has 118 valence electrons. The molecule has 1 saturated heterocycles.